The maximum atomic E-state index is 10.5. The fraction of sp³-hybridized carbons (Fsp3) is 1.00. The summed E-state index contributed by atoms with van der Waals surface area (Å²) in [4.78, 5) is 0. The molecule has 19 heavy (non-hydrogen) atoms. The molecule has 0 bridgehead atoms. The van der Waals surface area contributed by atoms with Gasteiger partial charge in [0.25, 0.3) is 0 Å². The van der Waals surface area contributed by atoms with Gasteiger partial charge in [0.1, 0.15) is 0 Å². The summed E-state index contributed by atoms with van der Waals surface area (Å²) in [7, 11) is 0. The van der Waals surface area contributed by atoms with E-state index in [1.54, 1.807) is 0 Å². The van der Waals surface area contributed by atoms with E-state index in [1.807, 2.05) is 11.8 Å². The van der Waals surface area contributed by atoms with Crippen LogP contribution < -0.4 is 0 Å². The van der Waals surface area contributed by atoms with Gasteiger partial charge in [-0.2, -0.15) is 11.8 Å². The van der Waals surface area contributed by atoms with Gasteiger partial charge in [-0.05, 0) is 31.6 Å². The summed E-state index contributed by atoms with van der Waals surface area (Å²) in [6, 6.07) is 0. The van der Waals surface area contributed by atoms with Gasteiger partial charge >= 0.3 is 0 Å². The number of aliphatic hydroxyl groups is 1. The molecule has 3 aliphatic rings. The van der Waals surface area contributed by atoms with Crippen LogP contribution >= 0.6 is 11.8 Å². The highest BCUT2D eigenvalue weighted by Gasteiger charge is 2.42. The molecule has 0 aromatic carbocycles. The van der Waals surface area contributed by atoms with Crippen molar-refractivity contribution in [3.63, 3.8) is 0 Å². The Labute approximate surface area is 120 Å². The van der Waals surface area contributed by atoms with Crippen molar-refractivity contribution in [3.05, 3.63) is 0 Å². The monoisotopic (exact) mass is 286 g/mol. The molecule has 2 saturated heterocycles. The summed E-state index contributed by atoms with van der Waals surface area (Å²) in [6.45, 7) is 2.34. The first kappa shape index (κ1) is 14.2. The van der Waals surface area contributed by atoms with Crippen LogP contribution in [0.2, 0.25) is 0 Å². The summed E-state index contributed by atoms with van der Waals surface area (Å²) in [6.07, 6.45) is 8.30. The molecule has 1 saturated carbocycles. The van der Waals surface area contributed by atoms with Crippen LogP contribution in [0.4, 0.5) is 0 Å². The lowest BCUT2D eigenvalue weighted by Gasteiger charge is -2.39. The summed E-state index contributed by atoms with van der Waals surface area (Å²) >= 11 is 1.99. The van der Waals surface area contributed by atoms with Gasteiger partial charge in [0.15, 0.2) is 0 Å². The first-order valence-electron chi connectivity index (χ1n) is 7.79. The topological polar surface area (TPSA) is 38.7 Å². The lowest BCUT2D eigenvalue weighted by Crippen LogP contribution is -2.44. The molecule has 3 unspecified atom stereocenters. The molecule has 3 rings (SSSR count). The summed E-state index contributed by atoms with van der Waals surface area (Å²) in [5, 5.41) is 11.3. The van der Waals surface area contributed by atoms with Gasteiger partial charge in [-0.25, -0.2) is 0 Å². The van der Waals surface area contributed by atoms with E-state index in [-0.39, 0.29) is 11.7 Å². The highest BCUT2D eigenvalue weighted by atomic mass is 32.2. The van der Waals surface area contributed by atoms with Crippen molar-refractivity contribution in [1.82, 2.24) is 0 Å². The van der Waals surface area contributed by atoms with Gasteiger partial charge in [0.05, 0.1) is 18.3 Å². The van der Waals surface area contributed by atoms with Crippen LogP contribution in [-0.4, -0.2) is 47.6 Å². The minimum Gasteiger partial charge on any atom is -0.392 e. The summed E-state index contributed by atoms with van der Waals surface area (Å²) in [5.41, 5.74) is -0.0675. The molecule has 2 heterocycles. The van der Waals surface area contributed by atoms with E-state index >= 15 is 0 Å². The number of rotatable bonds is 4. The van der Waals surface area contributed by atoms with Gasteiger partial charge < -0.3 is 14.6 Å². The average Bonchev–Trinajstić information content (AvgIpc) is 3.08. The van der Waals surface area contributed by atoms with Gasteiger partial charge in [-0.3, -0.25) is 0 Å². The highest BCUT2D eigenvalue weighted by Crippen LogP contribution is 2.38. The first-order chi connectivity index (χ1) is 9.27. The molecule has 0 aromatic rings. The molecule has 1 spiro atoms. The maximum Gasteiger partial charge on any atom is 0.0940 e. The van der Waals surface area contributed by atoms with Crippen LogP contribution in [0.1, 0.15) is 44.9 Å². The Bertz CT molecular complexity index is 285. The van der Waals surface area contributed by atoms with Crippen molar-refractivity contribution in [3.8, 4) is 0 Å². The third-order valence-corrected chi connectivity index (χ3v) is 6.42. The molecule has 3 atom stereocenters. The number of ether oxygens (including phenoxy) is 2. The fourth-order valence-electron chi connectivity index (χ4n) is 3.68. The van der Waals surface area contributed by atoms with Gasteiger partial charge in [-0.1, -0.05) is 12.8 Å². The maximum absolute atomic E-state index is 10.5. The standard InChI is InChI=1S/C15H26O3S/c16-14(10-19-13-3-1-2-4-13)12-5-7-18-15(9-12)6-8-17-11-15/h12-14,16H,1-11H2. The molecule has 0 amide bonds. The molecule has 1 N–H and O–H groups in total. The highest BCUT2D eigenvalue weighted by molar-refractivity contribution is 7.99. The van der Waals surface area contributed by atoms with E-state index in [0.717, 1.165) is 50.1 Å². The molecule has 3 fully saturated rings. The van der Waals surface area contributed by atoms with Crippen LogP contribution in [0.3, 0.4) is 0 Å². The SMILES string of the molecule is OC(CSC1CCCC1)C1CCOC2(CCOC2)C1. The molecule has 4 heteroatoms. The van der Waals surface area contributed by atoms with Crippen molar-refractivity contribution in [2.24, 2.45) is 5.92 Å². The van der Waals surface area contributed by atoms with E-state index in [2.05, 4.69) is 0 Å². The molecule has 1 aliphatic carbocycles. The minimum absolute atomic E-state index is 0.0675. The van der Waals surface area contributed by atoms with Crippen molar-refractivity contribution < 1.29 is 14.6 Å². The Morgan fingerprint density at radius 2 is 2.05 bits per heavy atom. The zero-order chi connectivity index (χ0) is 13.1. The van der Waals surface area contributed by atoms with Crippen LogP contribution in [0, 0.1) is 5.92 Å². The third kappa shape index (κ3) is 3.46. The van der Waals surface area contributed by atoms with Crippen molar-refractivity contribution >= 4 is 11.8 Å². The van der Waals surface area contributed by atoms with E-state index in [4.69, 9.17) is 9.47 Å². The van der Waals surface area contributed by atoms with Crippen molar-refractivity contribution in [2.75, 3.05) is 25.6 Å². The van der Waals surface area contributed by atoms with E-state index in [9.17, 15) is 5.11 Å². The average molecular weight is 286 g/mol. The van der Waals surface area contributed by atoms with E-state index in [0.29, 0.717) is 5.92 Å². The normalized spacial score (nSPS) is 38.1. The smallest absolute Gasteiger partial charge is 0.0940 e. The van der Waals surface area contributed by atoms with Crippen LogP contribution in [0.15, 0.2) is 0 Å². The molecule has 3 nitrogen and oxygen atoms in total. The Morgan fingerprint density at radius 1 is 1.21 bits per heavy atom. The number of aliphatic hydroxyl groups excluding tert-OH is 1. The van der Waals surface area contributed by atoms with Crippen molar-refractivity contribution in [1.29, 1.82) is 0 Å². The summed E-state index contributed by atoms with van der Waals surface area (Å²) in [5.74, 6) is 1.32. The predicted octanol–water partition coefficient (Wildman–Crippen LogP) is 2.61. The predicted molar refractivity (Wildman–Crippen MR) is 77.6 cm³/mol. The summed E-state index contributed by atoms with van der Waals surface area (Å²) < 4.78 is 11.4. The minimum atomic E-state index is -0.160. The van der Waals surface area contributed by atoms with Gasteiger partial charge in [0, 0.05) is 30.6 Å². The Morgan fingerprint density at radius 3 is 2.79 bits per heavy atom. The largest absolute Gasteiger partial charge is 0.392 e. The zero-order valence-corrected chi connectivity index (χ0v) is 12.5. The van der Waals surface area contributed by atoms with Crippen LogP contribution in [0.25, 0.3) is 0 Å². The molecular formula is C15H26O3S. The van der Waals surface area contributed by atoms with Crippen LogP contribution in [0.5, 0.6) is 0 Å². The van der Waals surface area contributed by atoms with Gasteiger partial charge in [0.2, 0.25) is 0 Å². The number of thioether (sulfide) groups is 1. The Balaban J connectivity index is 1.47. The van der Waals surface area contributed by atoms with Gasteiger partial charge in [-0.15, -0.1) is 0 Å². The molecule has 110 valence electrons. The second-order valence-corrected chi connectivity index (χ2v) is 7.73. The lowest BCUT2D eigenvalue weighted by molar-refractivity contribution is -0.113. The molecule has 0 aromatic heterocycles. The second kappa shape index (κ2) is 6.33. The molecule has 2 aliphatic heterocycles. The van der Waals surface area contributed by atoms with Crippen LogP contribution in [-0.2, 0) is 9.47 Å². The number of hydrogen-bond acceptors (Lipinski definition) is 4. The van der Waals surface area contributed by atoms with Crippen molar-refractivity contribution in [2.45, 2.75) is 61.9 Å². The first-order valence-corrected chi connectivity index (χ1v) is 8.84. The third-order valence-electron chi connectivity index (χ3n) is 4.95. The molecular weight excluding hydrogens is 260 g/mol. The fourth-order valence-corrected chi connectivity index (χ4v) is 5.09. The number of hydrogen-bond donors (Lipinski definition) is 1. The van der Waals surface area contributed by atoms with E-state index < -0.39 is 0 Å². The quantitative estimate of drug-likeness (QED) is 0.862. The molecule has 0 radical (unpaired) electrons. The zero-order valence-electron chi connectivity index (χ0n) is 11.7. The Kier molecular flexibility index (Phi) is 4.73. The second-order valence-electron chi connectivity index (χ2n) is 6.39. The van der Waals surface area contributed by atoms with E-state index in [1.165, 1.54) is 25.7 Å². The Hall–Kier alpha value is 0.230. The lowest BCUT2D eigenvalue weighted by atomic mass is 9.82.